The minimum Gasteiger partial charge on any atom is -0.443 e. The van der Waals surface area contributed by atoms with Crippen molar-refractivity contribution in [1.29, 1.82) is 0 Å². The molecule has 174 valence electrons. The minimum atomic E-state index is -4.98. The maximum atomic E-state index is 13.5. The van der Waals surface area contributed by atoms with Gasteiger partial charge in [-0.25, -0.2) is 18.1 Å². The van der Waals surface area contributed by atoms with Gasteiger partial charge < -0.3 is 4.74 Å². The lowest BCUT2D eigenvalue weighted by Crippen LogP contribution is -2.42. The van der Waals surface area contributed by atoms with Crippen LogP contribution in [0.15, 0.2) is 53.4 Å². The lowest BCUT2D eigenvalue weighted by molar-refractivity contribution is -0.137. The fourth-order valence-corrected chi connectivity index (χ4v) is 3.71. The van der Waals surface area contributed by atoms with Crippen molar-refractivity contribution in [2.45, 2.75) is 37.4 Å². The van der Waals surface area contributed by atoms with E-state index in [-0.39, 0.29) is 10.6 Å². The fraction of sp³-hybridized carbons (Fsp3) is 0.300. The van der Waals surface area contributed by atoms with Gasteiger partial charge in [0.25, 0.3) is 15.9 Å². The quantitative estimate of drug-likeness (QED) is 0.592. The smallest absolute Gasteiger partial charge is 0.421 e. The number of benzene rings is 2. The molecular formula is C20H20ClF3N2O5S. The number of para-hydroxylation sites is 1. The van der Waals surface area contributed by atoms with Gasteiger partial charge >= 0.3 is 12.3 Å². The van der Waals surface area contributed by atoms with E-state index in [4.69, 9.17) is 16.3 Å². The number of alkyl halides is 4. The summed E-state index contributed by atoms with van der Waals surface area (Å²) in [5, 5.41) is 0. The highest BCUT2D eigenvalue weighted by molar-refractivity contribution is 7.92. The van der Waals surface area contributed by atoms with Crippen molar-refractivity contribution in [3.63, 3.8) is 0 Å². The summed E-state index contributed by atoms with van der Waals surface area (Å²) in [6.07, 6.45) is -6.28. The van der Waals surface area contributed by atoms with Crippen LogP contribution in [-0.2, 0) is 25.7 Å². The van der Waals surface area contributed by atoms with Crippen molar-refractivity contribution in [2.75, 3.05) is 15.5 Å². The van der Waals surface area contributed by atoms with E-state index in [0.717, 1.165) is 6.07 Å². The van der Waals surface area contributed by atoms with E-state index in [1.54, 1.807) is 6.07 Å². The van der Waals surface area contributed by atoms with Gasteiger partial charge in [0.2, 0.25) is 0 Å². The maximum absolute atomic E-state index is 13.5. The van der Waals surface area contributed by atoms with Crippen LogP contribution >= 0.6 is 11.6 Å². The third-order valence-corrected chi connectivity index (χ3v) is 5.34. The molecule has 0 aliphatic heterocycles. The number of sulfonamides is 1. The molecule has 0 saturated heterocycles. The van der Waals surface area contributed by atoms with Crippen molar-refractivity contribution in [3.05, 3.63) is 54.1 Å². The Labute approximate surface area is 188 Å². The summed E-state index contributed by atoms with van der Waals surface area (Å²) in [5.74, 6) is -1.86. The average molecular weight is 493 g/mol. The first-order chi connectivity index (χ1) is 14.6. The standard InChI is InChI=1S/C20H20ClF3N2O5S/c1-19(2,3)31-18(28)26(17(27)12-21)15-9-13(20(22,23)24)10-16(11-15)32(29,30)25-14-7-5-4-6-8-14/h4-11,25H,12H2,1-3H3. The summed E-state index contributed by atoms with van der Waals surface area (Å²) in [7, 11) is -4.52. The SMILES string of the molecule is CC(C)(C)OC(=O)N(C(=O)CCl)c1cc(C(F)(F)F)cc(S(=O)(=O)Nc2ccccc2)c1. The van der Waals surface area contributed by atoms with Crippen LogP contribution < -0.4 is 9.62 Å². The Bertz CT molecular complexity index is 1100. The van der Waals surface area contributed by atoms with E-state index in [1.807, 2.05) is 0 Å². The van der Waals surface area contributed by atoms with Gasteiger partial charge in [0.1, 0.15) is 11.5 Å². The third-order valence-electron chi connectivity index (χ3n) is 3.75. The van der Waals surface area contributed by atoms with Crippen molar-refractivity contribution in [1.82, 2.24) is 0 Å². The molecule has 0 bridgehead atoms. The highest BCUT2D eigenvalue weighted by Crippen LogP contribution is 2.35. The van der Waals surface area contributed by atoms with Gasteiger partial charge in [-0.05, 0) is 51.1 Å². The first-order valence-corrected chi connectivity index (χ1v) is 11.1. The molecule has 0 saturated carbocycles. The highest BCUT2D eigenvalue weighted by Gasteiger charge is 2.36. The Balaban J connectivity index is 2.65. The number of ether oxygens (including phenoxy) is 1. The highest BCUT2D eigenvalue weighted by atomic mass is 35.5. The van der Waals surface area contributed by atoms with E-state index in [0.29, 0.717) is 12.1 Å². The Hall–Kier alpha value is -2.79. The van der Waals surface area contributed by atoms with E-state index >= 15 is 0 Å². The zero-order valence-corrected chi connectivity index (χ0v) is 18.8. The van der Waals surface area contributed by atoms with Crippen LogP contribution in [0.1, 0.15) is 26.3 Å². The zero-order chi connectivity index (χ0) is 24.3. The number of nitrogens with zero attached hydrogens (tertiary/aromatic N) is 1. The van der Waals surface area contributed by atoms with Crippen LogP contribution in [-0.4, -0.2) is 31.9 Å². The lowest BCUT2D eigenvalue weighted by Gasteiger charge is -2.26. The molecule has 0 aromatic heterocycles. The van der Waals surface area contributed by atoms with Crippen LogP contribution in [0.5, 0.6) is 0 Å². The molecule has 1 N–H and O–H groups in total. The number of hydrogen-bond donors (Lipinski definition) is 1. The summed E-state index contributed by atoms with van der Waals surface area (Å²) < 4.78 is 73.3. The molecule has 0 aliphatic rings. The molecular weight excluding hydrogens is 473 g/mol. The van der Waals surface area contributed by atoms with Crippen LogP contribution in [0, 0.1) is 0 Å². The molecule has 0 spiro atoms. The number of carbonyl (C=O) groups excluding carboxylic acids is 2. The number of nitrogens with one attached hydrogen (secondary N) is 1. The van der Waals surface area contributed by atoms with Crippen LogP contribution in [0.2, 0.25) is 0 Å². The Morgan fingerprint density at radius 2 is 1.66 bits per heavy atom. The number of carbonyl (C=O) groups is 2. The molecule has 7 nitrogen and oxygen atoms in total. The Kier molecular flexibility index (Phi) is 7.46. The molecule has 0 unspecified atom stereocenters. The lowest BCUT2D eigenvalue weighted by atomic mass is 10.1. The van der Waals surface area contributed by atoms with Crippen molar-refractivity contribution < 1.29 is 35.9 Å². The number of rotatable bonds is 5. The summed E-state index contributed by atoms with van der Waals surface area (Å²) in [4.78, 5) is 24.3. The molecule has 12 heteroatoms. The first-order valence-electron chi connectivity index (χ1n) is 9.06. The largest absolute Gasteiger partial charge is 0.443 e. The Morgan fingerprint density at radius 1 is 1.06 bits per heavy atom. The number of hydrogen-bond acceptors (Lipinski definition) is 5. The monoisotopic (exact) mass is 492 g/mol. The van der Waals surface area contributed by atoms with Crippen molar-refractivity contribution >= 4 is 45.0 Å². The van der Waals surface area contributed by atoms with Gasteiger partial charge in [-0.2, -0.15) is 13.2 Å². The first kappa shape index (κ1) is 25.5. The summed E-state index contributed by atoms with van der Waals surface area (Å²) in [5.41, 5.74) is -3.03. The minimum absolute atomic E-state index is 0.104. The predicted molar refractivity (Wildman–Crippen MR) is 113 cm³/mol. The average Bonchev–Trinajstić information content (AvgIpc) is 2.66. The third kappa shape index (κ3) is 6.60. The second-order valence-electron chi connectivity index (χ2n) is 7.53. The molecule has 2 aromatic carbocycles. The molecule has 0 fully saturated rings. The molecule has 2 amide bonds. The van der Waals surface area contributed by atoms with Crippen LogP contribution in [0.4, 0.5) is 29.3 Å². The predicted octanol–water partition coefficient (Wildman–Crippen LogP) is 5.01. The van der Waals surface area contributed by atoms with Gasteiger partial charge in [-0.1, -0.05) is 18.2 Å². The molecule has 0 radical (unpaired) electrons. The number of imide groups is 1. The van der Waals surface area contributed by atoms with E-state index in [2.05, 4.69) is 4.72 Å². The van der Waals surface area contributed by atoms with Gasteiger partial charge in [-0.3, -0.25) is 9.52 Å². The normalized spacial score (nSPS) is 12.2. The van der Waals surface area contributed by atoms with Gasteiger partial charge in [-0.15, -0.1) is 11.6 Å². The fourth-order valence-electron chi connectivity index (χ4n) is 2.47. The summed E-state index contributed by atoms with van der Waals surface area (Å²) >= 11 is 5.53. The summed E-state index contributed by atoms with van der Waals surface area (Å²) in [6, 6.07) is 9.10. The van der Waals surface area contributed by atoms with E-state index in [9.17, 15) is 31.2 Å². The number of halogens is 4. The maximum Gasteiger partial charge on any atom is 0.421 e. The van der Waals surface area contributed by atoms with Gasteiger partial charge in [0, 0.05) is 5.69 Å². The Morgan fingerprint density at radius 3 is 2.16 bits per heavy atom. The topological polar surface area (TPSA) is 92.8 Å². The molecule has 32 heavy (non-hydrogen) atoms. The second-order valence-corrected chi connectivity index (χ2v) is 9.48. The van der Waals surface area contributed by atoms with Crippen LogP contribution in [0.3, 0.4) is 0 Å². The van der Waals surface area contributed by atoms with Gasteiger partial charge in [0.15, 0.2) is 0 Å². The van der Waals surface area contributed by atoms with E-state index in [1.165, 1.54) is 45.0 Å². The number of amides is 2. The van der Waals surface area contributed by atoms with E-state index < -0.39 is 55.8 Å². The molecule has 0 atom stereocenters. The second kappa shape index (κ2) is 9.37. The summed E-state index contributed by atoms with van der Waals surface area (Å²) in [6.45, 7) is 4.46. The van der Waals surface area contributed by atoms with Gasteiger partial charge in [0.05, 0.1) is 16.1 Å². The molecule has 2 aromatic rings. The molecule has 0 aliphatic carbocycles. The van der Waals surface area contributed by atoms with Crippen molar-refractivity contribution in [3.8, 4) is 0 Å². The van der Waals surface area contributed by atoms with Crippen LogP contribution in [0.25, 0.3) is 0 Å². The van der Waals surface area contributed by atoms with Crippen molar-refractivity contribution in [2.24, 2.45) is 0 Å². The zero-order valence-electron chi connectivity index (χ0n) is 17.2. The molecule has 0 heterocycles. The molecule has 2 rings (SSSR count). The number of anilines is 2.